The molecule has 1 N–H and O–H groups in total. The van der Waals surface area contributed by atoms with E-state index in [1.807, 2.05) is 37.1 Å². The summed E-state index contributed by atoms with van der Waals surface area (Å²) in [5.74, 6) is 0.0108. The molecule has 2 rings (SSSR count). The van der Waals surface area contributed by atoms with E-state index in [9.17, 15) is 9.50 Å². The molecular formula is C15H16FNO. The Morgan fingerprint density at radius 3 is 2.67 bits per heavy atom. The van der Waals surface area contributed by atoms with Gasteiger partial charge < -0.3 is 10.0 Å². The molecule has 0 amide bonds. The zero-order valence-electron chi connectivity index (χ0n) is 10.5. The molecule has 18 heavy (non-hydrogen) atoms. The highest BCUT2D eigenvalue weighted by molar-refractivity contribution is 5.48. The molecule has 0 aliphatic rings. The van der Waals surface area contributed by atoms with Crippen molar-refractivity contribution in [3.8, 4) is 5.75 Å². The number of anilines is 1. The number of aryl methyl sites for hydroxylation is 1. The van der Waals surface area contributed by atoms with Gasteiger partial charge in [0.05, 0.1) is 0 Å². The van der Waals surface area contributed by atoms with Crippen LogP contribution in [-0.4, -0.2) is 12.2 Å². The molecule has 0 spiro atoms. The Morgan fingerprint density at radius 2 is 1.94 bits per heavy atom. The largest absolute Gasteiger partial charge is 0.508 e. The van der Waals surface area contributed by atoms with Gasteiger partial charge in [-0.2, -0.15) is 0 Å². The lowest BCUT2D eigenvalue weighted by Crippen LogP contribution is -2.16. The molecule has 2 aromatic rings. The van der Waals surface area contributed by atoms with Gasteiger partial charge >= 0.3 is 0 Å². The Bertz CT molecular complexity index is 554. The lowest BCUT2D eigenvalue weighted by atomic mass is 10.1. The normalized spacial score (nSPS) is 10.4. The monoisotopic (exact) mass is 245 g/mol. The van der Waals surface area contributed by atoms with Crippen LogP contribution in [0.15, 0.2) is 42.5 Å². The third-order valence-corrected chi connectivity index (χ3v) is 2.89. The van der Waals surface area contributed by atoms with E-state index in [2.05, 4.69) is 0 Å². The molecule has 0 saturated carbocycles. The molecule has 0 unspecified atom stereocenters. The van der Waals surface area contributed by atoms with Gasteiger partial charge in [0.2, 0.25) is 0 Å². The van der Waals surface area contributed by atoms with Crippen LogP contribution in [0.2, 0.25) is 0 Å². The van der Waals surface area contributed by atoms with Crippen LogP contribution in [0, 0.1) is 12.7 Å². The van der Waals surface area contributed by atoms with Gasteiger partial charge in [0, 0.05) is 24.8 Å². The summed E-state index contributed by atoms with van der Waals surface area (Å²) >= 11 is 0. The van der Waals surface area contributed by atoms with E-state index in [-0.39, 0.29) is 11.6 Å². The van der Waals surface area contributed by atoms with Crippen LogP contribution < -0.4 is 4.90 Å². The minimum Gasteiger partial charge on any atom is -0.508 e. The molecule has 0 aliphatic carbocycles. The number of aromatic hydroxyl groups is 1. The van der Waals surface area contributed by atoms with Crippen LogP contribution in [0.1, 0.15) is 11.1 Å². The minimum absolute atomic E-state index is 0.257. The predicted molar refractivity (Wildman–Crippen MR) is 71.4 cm³/mol. The molecule has 0 saturated heterocycles. The van der Waals surface area contributed by atoms with E-state index < -0.39 is 0 Å². The van der Waals surface area contributed by atoms with Crippen molar-refractivity contribution in [1.29, 1.82) is 0 Å². The number of phenolic OH excluding ortho intramolecular Hbond substituents is 1. The lowest BCUT2D eigenvalue weighted by molar-refractivity contribution is 0.467. The van der Waals surface area contributed by atoms with Crippen LogP contribution in [-0.2, 0) is 6.54 Å². The topological polar surface area (TPSA) is 23.5 Å². The van der Waals surface area contributed by atoms with E-state index in [1.165, 1.54) is 12.1 Å². The summed E-state index contributed by atoms with van der Waals surface area (Å²) in [6.07, 6.45) is 0. The van der Waals surface area contributed by atoms with Gasteiger partial charge in [-0.25, -0.2) is 4.39 Å². The van der Waals surface area contributed by atoms with Crippen LogP contribution in [0.3, 0.4) is 0 Å². The molecule has 0 aromatic heterocycles. The third kappa shape index (κ3) is 2.80. The molecule has 0 radical (unpaired) electrons. The minimum atomic E-state index is -0.257. The summed E-state index contributed by atoms with van der Waals surface area (Å²) in [6.45, 7) is 2.52. The van der Waals surface area contributed by atoms with Crippen LogP contribution in [0.5, 0.6) is 5.75 Å². The number of rotatable bonds is 3. The highest BCUT2D eigenvalue weighted by Gasteiger charge is 2.07. The van der Waals surface area contributed by atoms with Gasteiger partial charge in [0.25, 0.3) is 0 Å². The van der Waals surface area contributed by atoms with Crippen LogP contribution >= 0.6 is 0 Å². The summed E-state index contributed by atoms with van der Waals surface area (Å²) in [7, 11) is 1.87. The van der Waals surface area contributed by atoms with Crippen molar-refractivity contribution in [3.05, 3.63) is 59.4 Å². The van der Waals surface area contributed by atoms with Crippen LogP contribution in [0.25, 0.3) is 0 Å². The van der Waals surface area contributed by atoms with Gasteiger partial charge in [-0.3, -0.25) is 0 Å². The average Bonchev–Trinajstić information content (AvgIpc) is 2.34. The highest BCUT2D eigenvalue weighted by Crippen LogP contribution is 2.22. The first-order chi connectivity index (χ1) is 8.56. The van der Waals surface area contributed by atoms with Crippen molar-refractivity contribution in [3.63, 3.8) is 0 Å². The first kappa shape index (κ1) is 12.4. The average molecular weight is 245 g/mol. The predicted octanol–water partition coefficient (Wildman–Crippen LogP) is 3.48. The maximum absolute atomic E-state index is 13.1. The summed E-state index contributed by atoms with van der Waals surface area (Å²) in [5.41, 5.74) is 2.72. The molecule has 0 aliphatic heterocycles. The second-order valence-corrected chi connectivity index (χ2v) is 4.47. The Hall–Kier alpha value is -2.03. The first-order valence-electron chi connectivity index (χ1n) is 5.81. The van der Waals surface area contributed by atoms with E-state index in [1.54, 1.807) is 12.1 Å². The molecule has 2 aromatic carbocycles. The molecule has 94 valence electrons. The van der Waals surface area contributed by atoms with Crippen molar-refractivity contribution in [2.24, 2.45) is 0 Å². The smallest absolute Gasteiger partial charge is 0.125 e. The molecule has 2 nitrogen and oxygen atoms in total. The van der Waals surface area contributed by atoms with E-state index >= 15 is 0 Å². The Balaban J connectivity index is 2.21. The zero-order chi connectivity index (χ0) is 13.1. The number of phenols is 1. The number of benzene rings is 2. The maximum atomic E-state index is 13.1. The Labute approximate surface area is 106 Å². The lowest BCUT2D eigenvalue weighted by Gasteiger charge is -2.20. The Kier molecular flexibility index (Phi) is 3.51. The Morgan fingerprint density at radius 1 is 1.17 bits per heavy atom. The zero-order valence-corrected chi connectivity index (χ0v) is 10.5. The van der Waals surface area contributed by atoms with E-state index in [4.69, 9.17) is 0 Å². The first-order valence-corrected chi connectivity index (χ1v) is 5.81. The van der Waals surface area contributed by atoms with Crippen molar-refractivity contribution >= 4 is 5.69 Å². The van der Waals surface area contributed by atoms with Gasteiger partial charge in [-0.1, -0.05) is 23.8 Å². The van der Waals surface area contributed by atoms with Crippen molar-refractivity contribution in [2.45, 2.75) is 13.5 Å². The van der Waals surface area contributed by atoms with E-state index in [0.29, 0.717) is 6.54 Å². The standard InChI is InChI=1S/C15H16FNO/c1-11-6-7-15(18)12(8-11)10-17(2)14-5-3-4-13(16)9-14/h3-9,18H,10H2,1-2H3. The second kappa shape index (κ2) is 5.08. The molecule has 0 atom stereocenters. The summed E-state index contributed by atoms with van der Waals surface area (Å²) in [4.78, 5) is 1.90. The number of halogens is 1. The SMILES string of the molecule is Cc1ccc(O)c(CN(C)c2cccc(F)c2)c1. The van der Waals surface area contributed by atoms with Gasteiger partial charge in [0.15, 0.2) is 0 Å². The fraction of sp³-hybridized carbons (Fsp3) is 0.200. The van der Waals surface area contributed by atoms with Crippen molar-refractivity contribution in [1.82, 2.24) is 0 Å². The van der Waals surface area contributed by atoms with Gasteiger partial charge in [-0.05, 0) is 31.2 Å². The molecular weight excluding hydrogens is 229 g/mol. The molecule has 3 heteroatoms. The maximum Gasteiger partial charge on any atom is 0.125 e. The summed E-state index contributed by atoms with van der Waals surface area (Å²) in [5, 5.41) is 9.78. The number of nitrogens with zero attached hydrogens (tertiary/aromatic N) is 1. The van der Waals surface area contributed by atoms with Gasteiger partial charge in [-0.15, -0.1) is 0 Å². The molecule has 0 fully saturated rings. The summed E-state index contributed by atoms with van der Waals surface area (Å²) in [6, 6.07) is 11.9. The van der Waals surface area contributed by atoms with Crippen molar-refractivity contribution in [2.75, 3.05) is 11.9 Å². The van der Waals surface area contributed by atoms with Crippen molar-refractivity contribution < 1.29 is 9.50 Å². The highest BCUT2D eigenvalue weighted by atomic mass is 19.1. The quantitative estimate of drug-likeness (QED) is 0.895. The fourth-order valence-corrected chi connectivity index (χ4v) is 1.90. The molecule has 0 bridgehead atoms. The number of hydrogen-bond donors (Lipinski definition) is 1. The van der Waals surface area contributed by atoms with Crippen LogP contribution in [0.4, 0.5) is 10.1 Å². The number of hydrogen-bond acceptors (Lipinski definition) is 2. The fourth-order valence-electron chi connectivity index (χ4n) is 1.90. The van der Waals surface area contributed by atoms with E-state index in [0.717, 1.165) is 16.8 Å². The summed E-state index contributed by atoms with van der Waals surface area (Å²) < 4.78 is 13.1. The van der Waals surface area contributed by atoms with Gasteiger partial charge in [0.1, 0.15) is 11.6 Å². The molecule has 0 heterocycles. The third-order valence-electron chi connectivity index (χ3n) is 2.89. The second-order valence-electron chi connectivity index (χ2n) is 4.47.